The lowest BCUT2D eigenvalue weighted by Gasteiger charge is -2.27. The van der Waals surface area contributed by atoms with E-state index in [-0.39, 0.29) is 0 Å². The number of halogens is 1. The third kappa shape index (κ3) is 6.37. The normalized spacial score (nSPS) is 10.6. The van der Waals surface area contributed by atoms with Gasteiger partial charge >= 0.3 is 0 Å². The van der Waals surface area contributed by atoms with E-state index in [1.54, 1.807) is 7.11 Å². The third-order valence-corrected chi connectivity index (χ3v) is 5.94. The Hall–Kier alpha value is -3.28. The molecule has 1 heterocycles. The molecule has 0 spiro atoms. The monoisotopic (exact) mass is 475 g/mol. The molecule has 0 saturated carbocycles. The Bertz CT molecular complexity index is 1210. The molecule has 1 aromatic heterocycles. The number of hydrogen-bond donors (Lipinski definition) is 1. The van der Waals surface area contributed by atoms with E-state index in [2.05, 4.69) is 51.3 Å². The molecule has 1 N–H and O–H groups in total. The molecule has 6 heteroatoms. The van der Waals surface area contributed by atoms with Gasteiger partial charge in [0.15, 0.2) is 5.11 Å². The number of aromatic nitrogens is 1. The topological polar surface area (TPSA) is 29.4 Å². The highest BCUT2D eigenvalue weighted by atomic mass is 35.5. The van der Waals surface area contributed by atoms with Gasteiger partial charge in [0.25, 0.3) is 0 Å². The average molecular weight is 476 g/mol. The molecule has 168 valence electrons. The molecule has 3 aromatic carbocycles. The van der Waals surface area contributed by atoms with Crippen molar-refractivity contribution in [2.24, 2.45) is 0 Å². The fraction of sp³-hybridized carbons (Fsp3) is 0.148. The van der Waals surface area contributed by atoms with E-state index in [1.807, 2.05) is 60.7 Å². The molecule has 33 heavy (non-hydrogen) atoms. The summed E-state index contributed by atoms with van der Waals surface area (Å²) in [4.78, 5) is 2.17. The van der Waals surface area contributed by atoms with Gasteiger partial charge in [0.2, 0.25) is 0 Å². The van der Waals surface area contributed by atoms with E-state index in [0.717, 1.165) is 28.6 Å². The smallest absolute Gasteiger partial charge is 0.174 e. The minimum Gasteiger partial charge on any atom is -0.497 e. The highest BCUT2D eigenvalue weighted by molar-refractivity contribution is 7.80. The fourth-order valence-corrected chi connectivity index (χ4v) is 4.14. The van der Waals surface area contributed by atoms with Gasteiger partial charge in [-0.2, -0.15) is 0 Å². The van der Waals surface area contributed by atoms with Gasteiger partial charge in [-0.05, 0) is 59.7 Å². The molecule has 0 atom stereocenters. The maximum atomic E-state index is 6.19. The molecule has 4 nitrogen and oxygen atoms in total. The number of hydrogen-bond acceptors (Lipinski definition) is 2. The van der Waals surface area contributed by atoms with Gasteiger partial charge in [-0.15, -0.1) is 0 Å². The first-order chi connectivity index (χ1) is 16.1. The van der Waals surface area contributed by atoms with Crippen molar-refractivity contribution < 1.29 is 4.74 Å². The molecule has 0 bridgehead atoms. The van der Waals surface area contributed by atoms with Crippen molar-refractivity contribution in [1.29, 1.82) is 0 Å². The molecule has 0 saturated heterocycles. The predicted molar refractivity (Wildman–Crippen MR) is 140 cm³/mol. The minimum absolute atomic E-state index is 0.655. The van der Waals surface area contributed by atoms with Crippen molar-refractivity contribution in [3.63, 3.8) is 0 Å². The molecule has 0 aliphatic carbocycles. The first kappa shape index (κ1) is 22.9. The van der Waals surface area contributed by atoms with E-state index in [0.29, 0.717) is 18.2 Å². The number of rotatable bonds is 8. The summed E-state index contributed by atoms with van der Waals surface area (Å²) >= 11 is 12.0. The Labute approximate surface area is 205 Å². The molecular formula is C27H26ClN3OS. The largest absolute Gasteiger partial charge is 0.497 e. The maximum Gasteiger partial charge on any atom is 0.174 e. The summed E-state index contributed by atoms with van der Waals surface area (Å²) < 4.78 is 7.58. The van der Waals surface area contributed by atoms with E-state index < -0.39 is 0 Å². The van der Waals surface area contributed by atoms with Crippen LogP contribution in [0.5, 0.6) is 5.75 Å². The van der Waals surface area contributed by atoms with Crippen LogP contribution in [-0.2, 0) is 19.6 Å². The van der Waals surface area contributed by atoms with Crippen LogP contribution < -0.4 is 10.1 Å². The number of thiocarbonyl (C=S) groups is 1. The van der Waals surface area contributed by atoms with Crippen molar-refractivity contribution in [3.05, 3.63) is 119 Å². The van der Waals surface area contributed by atoms with Crippen LogP contribution in [0, 0.1) is 0 Å². The number of anilines is 1. The Morgan fingerprint density at radius 2 is 1.70 bits per heavy atom. The summed E-state index contributed by atoms with van der Waals surface area (Å²) in [6, 6.07) is 30.3. The summed E-state index contributed by atoms with van der Waals surface area (Å²) in [5.41, 5.74) is 4.42. The fourth-order valence-electron chi connectivity index (χ4n) is 3.68. The Kier molecular flexibility index (Phi) is 7.66. The van der Waals surface area contributed by atoms with Crippen LogP contribution in [-0.4, -0.2) is 21.7 Å². The van der Waals surface area contributed by atoms with Gasteiger partial charge in [0.1, 0.15) is 5.75 Å². The van der Waals surface area contributed by atoms with Crippen LogP contribution in [0.15, 0.2) is 97.2 Å². The number of benzene rings is 3. The Balaban J connectivity index is 1.55. The zero-order valence-corrected chi connectivity index (χ0v) is 20.0. The van der Waals surface area contributed by atoms with Crippen molar-refractivity contribution >= 4 is 34.6 Å². The zero-order chi connectivity index (χ0) is 23.0. The zero-order valence-electron chi connectivity index (χ0n) is 18.4. The summed E-state index contributed by atoms with van der Waals surface area (Å²) in [5.74, 6) is 0.785. The van der Waals surface area contributed by atoms with Crippen molar-refractivity contribution in [2.75, 3.05) is 12.4 Å². The number of ether oxygens (including phenoxy) is 1. The van der Waals surface area contributed by atoms with Gasteiger partial charge in [-0.3, -0.25) is 0 Å². The highest BCUT2D eigenvalue weighted by Gasteiger charge is 2.14. The highest BCUT2D eigenvalue weighted by Crippen LogP contribution is 2.20. The lowest BCUT2D eigenvalue weighted by atomic mass is 10.2. The van der Waals surface area contributed by atoms with E-state index >= 15 is 0 Å². The van der Waals surface area contributed by atoms with E-state index in [1.165, 1.54) is 11.3 Å². The van der Waals surface area contributed by atoms with Crippen molar-refractivity contribution in [3.8, 4) is 5.75 Å². The molecule has 0 unspecified atom stereocenters. The van der Waals surface area contributed by atoms with Gasteiger partial charge in [0.05, 0.1) is 13.7 Å². The lowest BCUT2D eigenvalue weighted by Crippen LogP contribution is -2.34. The Morgan fingerprint density at radius 1 is 0.909 bits per heavy atom. The van der Waals surface area contributed by atoms with Gasteiger partial charge in [-0.25, -0.2) is 0 Å². The number of nitrogens with zero attached hydrogens (tertiary/aromatic N) is 2. The van der Waals surface area contributed by atoms with Crippen LogP contribution >= 0.6 is 23.8 Å². The standard InChI is InChI=1S/C27H26ClN3OS/c1-32-26-14-6-12-24(17-26)29-27(33)31(18-21-8-3-2-4-9-21)20-25-13-7-15-30(25)19-22-10-5-11-23(28)16-22/h2-17H,18-20H2,1H3,(H,29,33). The molecule has 0 radical (unpaired) electrons. The minimum atomic E-state index is 0.655. The average Bonchev–Trinajstić information content (AvgIpc) is 3.26. The second-order valence-electron chi connectivity index (χ2n) is 7.76. The van der Waals surface area contributed by atoms with Crippen LogP contribution in [0.3, 0.4) is 0 Å². The molecule has 4 rings (SSSR count). The molecular weight excluding hydrogens is 450 g/mol. The van der Waals surface area contributed by atoms with Crippen molar-refractivity contribution in [2.45, 2.75) is 19.6 Å². The van der Waals surface area contributed by atoms with Gasteiger partial charge in [-0.1, -0.05) is 60.1 Å². The van der Waals surface area contributed by atoms with Gasteiger partial charge in [0, 0.05) is 41.8 Å². The van der Waals surface area contributed by atoms with E-state index in [4.69, 9.17) is 28.6 Å². The molecule has 0 aliphatic heterocycles. The van der Waals surface area contributed by atoms with Crippen molar-refractivity contribution in [1.82, 2.24) is 9.47 Å². The predicted octanol–water partition coefficient (Wildman–Crippen LogP) is 6.60. The van der Waals surface area contributed by atoms with E-state index in [9.17, 15) is 0 Å². The third-order valence-electron chi connectivity index (χ3n) is 5.34. The molecule has 4 aromatic rings. The van der Waals surface area contributed by atoms with Crippen LogP contribution in [0.25, 0.3) is 0 Å². The Morgan fingerprint density at radius 3 is 2.48 bits per heavy atom. The second kappa shape index (κ2) is 11.0. The quantitative estimate of drug-likeness (QED) is 0.291. The SMILES string of the molecule is COc1cccc(NC(=S)N(Cc2ccccc2)Cc2cccn2Cc2cccc(Cl)c2)c1. The first-order valence-electron chi connectivity index (χ1n) is 10.7. The summed E-state index contributed by atoms with van der Waals surface area (Å²) in [5, 5.41) is 4.78. The summed E-state index contributed by atoms with van der Waals surface area (Å²) in [6.45, 7) is 2.11. The molecule has 0 fully saturated rings. The molecule has 0 aliphatic rings. The summed E-state index contributed by atoms with van der Waals surface area (Å²) in [6.07, 6.45) is 2.09. The maximum absolute atomic E-state index is 6.19. The number of nitrogens with one attached hydrogen (secondary N) is 1. The lowest BCUT2D eigenvalue weighted by molar-refractivity contribution is 0.399. The second-order valence-corrected chi connectivity index (χ2v) is 8.58. The van der Waals surface area contributed by atoms with Crippen LogP contribution in [0.2, 0.25) is 5.02 Å². The molecule has 0 amide bonds. The van der Waals surface area contributed by atoms with Crippen LogP contribution in [0.4, 0.5) is 5.69 Å². The summed E-state index contributed by atoms with van der Waals surface area (Å²) in [7, 11) is 1.66. The first-order valence-corrected chi connectivity index (χ1v) is 11.5. The van der Waals surface area contributed by atoms with Gasteiger partial charge < -0.3 is 19.5 Å². The van der Waals surface area contributed by atoms with Crippen LogP contribution in [0.1, 0.15) is 16.8 Å². The number of methoxy groups -OCH3 is 1.